The number of rotatable bonds is 2. The molecule has 1 rings (SSSR count). The number of carboxylic acids is 1. The normalized spacial score (nSPS) is 25.3. The topological polar surface area (TPSA) is 78.4 Å². The average Bonchev–Trinajstić information content (AvgIpc) is 1.91. The lowest BCUT2D eigenvalue weighted by atomic mass is 9.80. The molecule has 0 unspecified atom stereocenters. The van der Waals surface area contributed by atoms with Crippen molar-refractivity contribution in [3.8, 4) is 0 Å². The van der Waals surface area contributed by atoms with Gasteiger partial charge >= 0.3 is 12.0 Å². The molecule has 0 aromatic rings. The van der Waals surface area contributed by atoms with E-state index in [4.69, 9.17) is 5.11 Å². The molecule has 0 aromatic heterocycles. The lowest BCUT2D eigenvalue weighted by molar-refractivity contribution is -0.145. The lowest BCUT2D eigenvalue weighted by Crippen LogP contribution is -2.53. The molecule has 0 saturated heterocycles. The average molecular weight is 214 g/mol. The molecule has 15 heavy (non-hydrogen) atoms. The van der Waals surface area contributed by atoms with Crippen molar-refractivity contribution in [2.24, 2.45) is 5.92 Å². The van der Waals surface area contributed by atoms with Crippen molar-refractivity contribution < 1.29 is 14.7 Å². The second-order valence-electron chi connectivity index (χ2n) is 5.05. The minimum absolute atomic E-state index is 0.00782. The van der Waals surface area contributed by atoms with Crippen LogP contribution in [0.1, 0.15) is 33.6 Å². The Bertz CT molecular complexity index is 264. The zero-order valence-corrected chi connectivity index (χ0v) is 9.33. The molecular formula is C10H18N2O3. The summed E-state index contributed by atoms with van der Waals surface area (Å²) in [6.45, 7) is 5.69. The highest BCUT2D eigenvalue weighted by molar-refractivity contribution is 5.76. The number of carbonyl (C=O) groups is 2. The fraction of sp³-hybridized carbons (Fsp3) is 0.800. The van der Waals surface area contributed by atoms with Crippen LogP contribution < -0.4 is 10.6 Å². The van der Waals surface area contributed by atoms with Crippen molar-refractivity contribution in [1.29, 1.82) is 0 Å². The van der Waals surface area contributed by atoms with Crippen molar-refractivity contribution in [2.45, 2.75) is 45.2 Å². The van der Waals surface area contributed by atoms with Crippen LogP contribution in [0.3, 0.4) is 0 Å². The molecule has 0 heterocycles. The van der Waals surface area contributed by atoms with E-state index >= 15 is 0 Å². The summed E-state index contributed by atoms with van der Waals surface area (Å²) < 4.78 is 0. The molecule has 0 bridgehead atoms. The Labute approximate surface area is 89.2 Å². The van der Waals surface area contributed by atoms with Crippen LogP contribution in [0.2, 0.25) is 0 Å². The molecule has 1 aliphatic carbocycles. The van der Waals surface area contributed by atoms with Gasteiger partial charge < -0.3 is 15.7 Å². The zero-order valence-electron chi connectivity index (χ0n) is 9.33. The van der Waals surface area contributed by atoms with E-state index in [0.29, 0.717) is 12.8 Å². The number of amides is 2. The molecule has 0 radical (unpaired) electrons. The summed E-state index contributed by atoms with van der Waals surface area (Å²) in [5, 5.41) is 14.2. The summed E-state index contributed by atoms with van der Waals surface area (Å²) in [4.78, 5) is 21.9. The first-order valence-electron chi connectivity index (χ1n) is 5.09. The second-order valence-corrected chi connectivity index (χ2v) is 5.05. The van der Waals surface area contributed by atoms with Crippen molar-refractivity contribution in [3.05, 3.63) is 0 Å². The molecule has 1 aliphatic rings. The van der Waals surface area contributed by atoms with Crippen LogP contribution in [0.5, 0.6) is 0 Å². The SMILES string of the molecule is CC(C)(C)NC(=O)NC1CC(C(=O)O)C1. The minimum atomic E-state index is -0.774. The number of hydrogen-bond acceptors (Lipinski definition) is 2. The Morgan fingerprint density at radius 3 is 2.20 bits per heavy atom. The van der Waals surface area contributed by atoms with Gasteiger partial charge in [-0.15, -0.1) is 0 Å². The first kappa shape index (κ1) is 11.8. The fourth-order valence-corrected chi connectivity index (χ4v) is 1.50. The Hall–Kier alpha value is -1.26. The van der Waals surface area contributed by atoms with Crippen molar-refractivity contribution in [3.63, 3.8) is 0 Å². The Balaban J connectivity index is 2.22. The molecule has 1 saturated carbocycles. The van der Waals surface area contributed by atoms with Crippen molar-refractivity contribution >= 4 is 12.0 Å². The summed E-state index contributed by atoms with van der Waals surface area (Å²) in [5.74, 6) is -1.06. The van der Waals surface area contributed by atoms with Crippen LogP contribution >= 0.6 is 0 Å². The van der Waals surface area contributed by atoms with Crippen molar-refractivity contribution in [1.82, 2.24) is 10.6 Å². The highest BCUT2D eigenvalue weighted by atomic mass is 16.4. The molecule has 0 atom stereocenters. The number of carboxylic acid groups (broad SMARTS) is 1. The molecule has 0 aromatic carbocycles. The van der Waals surface area contributed by atoms with E-state index in [9.17, 15) is 9.59 Å². The number of urea groups is 1. The molecule has 2 amide bonds. The highest BCUT2D eigenvalue weighted by Crippen LogP contribution is 2.27. The van der Waals surface area contributed by atoms with Crippen LogP contribution in [0.4, 0.5) is 4.79 Å². The van der Waals surface area contributed by atoms with Crippen LogP contribution in [0, 0.1) is 5.92 Å². The Morgan fingerprint density at radius 2 is 1.80 bits per heavy atom. The van der Waals surface area contributed by atoms with Gasteiger partial charge in [0.25, 0.3) is 0 Å². The van der Waals surface area contributed by atoms with E-state index in [1.165, 1.54) is 0 Å². The lowest BCUT2D eigenvalue weighted by Gasteiger charge is -2.33. The summed E-state index contributed by atoms with van der Waals surface area (Å²) in [6.07, 6.45) is 1.07. The first-order valence-corrected chi connectivity index (χ1v) is 5.09. The standard InChI is InChI=1S/C10H18N2O3/c1-10(2,3)12-9(15)11-7-4-6(5-7)8(13)14/h6-7H,4-5H2,1-3H3,(H,13,14)(H2,11,12,15). The molecule has 3 N–H and O–H groups in total. The van der Waals surface area contributed by atoms with E-state index in [0.717, 1.165) is 0 Å². The van der Waals surface area contributed by atoms with Gasteiger partial charge in [0.1, 0.15) is 0 Å². The first-order chi connectivity index (χ1) is 6.78. The van der Waals surface area contributed by atoms with E-state index in [2.05, 4.69) is 10.6 Å². The van der Waals surface area contributed by atoms with Gasteiger partial charge in [0, 0.05) is 11.6 Å². The summed E-state index contributed by atoms with van der Waals surface area (Å²) >= 11 is 0. The third-order valence-corrected chi connectivity index (χ3v) is 2.31. The van der Waals surface area contributed by atoms with Gasteiger partial charge in [-0.2, -0.15) is 0 Å². The number of carbonyl (C=O) groups excluding carboxylic acids is 1. The molecule has 0 spiro atoms. The Kier molecular flexibility index (Phi) is 3.21. The molecule has 86 valence electrons. The third kappa shape index (κ3) is 3.77. The van der Waals surface area contributed by atoms with Gasteiger partial charge in [-0.25, -0.2) is 4.79 Å². The van der Waals surface area contributed by atoms with Gasteiger partial charge in [0.2, 0.25) is 0 Å². The van der Waals surface area contributed by atoms with E-state index in [-0.39, 0.29) is 23.5 Å². The molecule has 1 fully saturated rings. The van der Waals surface area contributed by atoms with E-state index < -0.39 is 5.97 Å². The van der Waals surface area contributed by atoms with Crippen LogP contribution in [0.25, 0.3) is 0 Å². The van der Waals surface area contributed by atoms with Gasteiger partial charge in [-0.3, -0.25) is 4.79 Å². The molecule has 5 heteroatoms. The van der Waals surface area contributed by atoms with Crippen LogP contribution in [-0.2, 0) is 4.79 Å². The third-order valence-electron chi connectivity index (χ3n) is 2.31. The van der Waals surface area contributed by atoms with E-state index in [1.807, 2.05) is 20.8 Å². The van der Waals surface area contributed by atoms with Gasteiger partial charge in [-0.1, -0.05) is 0 Å². The highest BCUT2D eigenvalue weighted by Gasteiger charge is 2.35. The quantitative estimate of drug-likeness (QED) is 0.640. The van der Waals surface area contributed by atoms with Gasteiger partial charge in [-0.05, 0) is 33.6 Å². The maximum absolute atomic E-state index is 11.4. The van der Waals surface area contributed by atoms with Crippen LogP contribution in [0.15, 0.2) is 0 Å². The zero-order chi connectivity index (χ0) is 11.6. The summed E-state index contributed by atoms with van der Waals surface area (Å²) in [7, 11) is 0. The number of aliphatic carboxylic acids is 1. The number of hydrogen-bond donors (Lipinski definition) is 3. The second kappa shape index (κ2) is 4.08. The maximum Gasteiger partial charge on any atom is 0.315 e. The fourth-order valence-electron chi connectivity index (χ4n) is 1.50. The monoisotopic (exact) mass is 214 g/mol. The molecular weight excluding hydrogens is 196 g/mol. The largest absolute Gasteiger partial charge is 0.481 e. The van der Waals surface area contributed by atoms with Gasteiger partial charge in [0.05, 0.1) is 5.92 Å². The van der Waals surface area contributed by atoms with Crippen LogP contribution in [-0.4, -0.2) is 28.7 Å². The summed E-state index contributed by atoms with van der Waals surface area (Å²) in [5.41, 5.74) is -0.264. The predicted octanol–water partition coefficient (Wildman–Crippen LogP) is 0.947. The minimum Gasteiger partial charge on any atom is -0.481 e. The maximum atomic E-state index is 11.4. The molecule has 5 nitrogen and oxygen atoms in total. The summed E-state index contributed by atoms with van der Waals surface area (Å²) in [6, 6.07) is -0.218. The van der Waals surface area contributed by atoms with Crippen molar-refractivity contribution in [2.75, 3.05) is 0 Å². The predicted molar refractivity (Wildman–Crippen MR) is 55.6 cm³/mol. The van der Waals surface area contributed by atoms with E-state index in [1.54, 1.807) is 0 Å². The number of nitrogens with one attached hydrogen (secondary N) is 2. The Morgan fingerprint density at radius 1 is 1.27 bits per heavy atom. The smallest absolute Gasteiger partial charge is 0.315 e. The van der Waals surface area contributed by atoms with Gasteiger partial charge in [0.15, 0.2) is 0 Å². The molecule has 0 aliphatic heterocycles.